The van der Waals surface area contributed by atoms with Crippen molar-refractivity contribution in [3.63, 3.8) is 0 Å². The van der Waals surface area contributed by atoms with Crippen LogP contribution in [0.3, 0.4) is 0 Å². The number of hydrogen-bond acceptors (Lipinski definition) is 6. The summed E-state index contributed by atoms with van der Waals surface area (Å²) < 4.78 is 10.5. The molecule has 5 aliphatic rings. The molecule has 7 heteroatoms. The molecule has 4 aliphatic carbocycles. The molecule has 36 heavy (non-hydrogen) atoms. The molecule has 2 saturated carbocycles. The molecule has 2 amide bonds. The van der Waals surface area contributed by atoms with Gasteiger partial charge >= 0.3 is 5.97 Å². The fraction of sp³-hybridized carbons (Fsp3) is 0.379. The van der Waals surface area contributed by atoms with Crippen LogP contribution in [0.2, 0.25) is 0 Å². The number of allylic oxidation sites excluding steroid dienone is 2. The first-order valence-electron chi connectivity index (χ1n) is 12.4. The maximum absolute atomic E-state index is 13.6. The monoisotopic (exact) mass is 485 g/mol. The smallest absolute Gasteiger partial charge is 0.330 e. The average Bonchev–Trinajstić information content (AvgIpc) is 3.70. The lowest BCUT2D eigenvalue weighted by atomic mass is 9.63. The second-order valence-electron chi connectivity index (χ2n) is 10.2. The molecule has 1 aliphatic heterocycles. The molecule has 7 rings (SSSR count). The van der Waals surface area contributed by atoms with E-state index >= 15 is 0 Å². The molecular formula is C29H27NO6. The summed E-state index contributed by atoms with van der Waals surface area (Å²) in [5.41, 5.74) is 1.18. The number of nitrogens with zero attached hydrogens (tertiary/aromatic N) is 1. The molecule has 1 heterocycles. The quantitative estimate of drug-likeness (QED) is 0.247. The number of benzene rings is 2. The SMILES string of the molecule is COc1ccc(C(=O)COC(=O)[C@H](Cc2ccccc2)N2C(=O)[C@@H]3[C@H]4C=C[C@@H]([C@@H]5C[C@@H]45)[C@H]3C2=O)cc1. The van der Waals surface area contributed by atoms with Gasteiger partial charge in [0.05, 0.1) is 18.9 Å². The van der Waals surface area contributed by atoms with E-state index in [0.717, 1.165) is 16.9 Å². The zero-order valence-corrected chi connectivity index (χ0v) is 19.9. The number of rotatable bonds is 8. The number of hydrogen-bond donors (Lipinski definition) is 0. The van der Waals surface area contributed by atoms with Crippen LogP contribution in [0.15, 0.2) is 66.7 Å². The Hall–Kier alpha value is -3.74. The van der Waals surface area contributed by atoms with E-state index in [0.29, 0.717) is 23.1 Å². The van der Waals surface area contributed by atoms with E-state index in [-0.39, 0.29) is 35.9 Å². The molecule has 3 fully saturated rings. The number of carbonyl (C=O) groups is 4. The number of Topliss-reactive ketones (excluding diaryl/α,β-unsaturated/α-hetero) is 1. The molecule has 1 saturated heterocycles. The van der Waals surface area contributed by atoms with Gasteiger partial charge in [0.1, 0.15) is 11.8 Å². The third-order valence-electron chi connectivity index (χ3n) is 8.31. The van der Waals surface area contributed by atoms with Crippen LogP contribution in [0.25, 0.3) is 0 Å². The van der Waals surface area contributed by atoms with Gasteiger partial charge in [-0.15, -0.1) is 0 Å². The normalized spacial score (nSPS) is 30.0. The van der Waals surface area contributed by atoms with Gasteiger partial charge in [0.25, 0.3) is 0 Å². The van der Waals surface area contributed by atoms with Crippen molar-refractivity contribution in [2.24, 2.45) is 35.5 Å². The molecule has 2 aromatic rings. The van der Waals surface area contributed by atoms with E-state index in [1.807, 2.05) is 30.3 Å². The highest BCUT2D eigenvalue weighted by molar-refractivity contribution is 6.09. The lowest BCUT2D eigenvalue weighted by Gasteiger charge is -2.37. The van der Waals surface area contributed by atoms with Gasteiger partial charge in [-0.2, -0.15) is 0 Å². The maximum Gasteiger partial charge on any atom is 0.330 e. The van der Waals surface area contributed by atoms with Gasteiger partial charge in [0, 0.05) is 12.0 Å². The van der Waals surface area contributed by atoms with Crippen molar-refractivity contribution in [2.75, 3.05) is 13.7 Å². The van der Waals surface area contributed by atoms with Crippen molar-refractivity contribution >= 4 is 23.6 Å². The lowest BCUT2D eigenvalue weighted by Crippen LogP contribution is -2.48. The first-order valence-corrected chi connectivity index (χ1v) is 12.4. The van der Waals surface area contributed by atoms with Gasteiger partial charge in [0.2, 0.25) is 11.8 Å². The molecule has 0 radical (unpaired) electrons. The highest BCUT2D eigenvalue weighted by Gasteiger charge is 2.68. The van der Waals surface area contributed by atoms with Crippen LogP contribution in [-0.4, -0.2) is 48.2 Å². The molecular weight excluding hydrogens is 458 g/mol. The minimum atomic E-state index is -1.11. The van der Waals surface area contributed by atoms with Gasteiger partial charge in [-0.3, -0.25) is 19.3 Å². The third kappa shape index (κ3) is 3.65. The van der Waals surface area contributed by atoms with E-state index in [4.69, 9.17) is 9.47 Å². The molecule has 0 N–H and O–H groups in total. The Morgan fingerprint density at radius 3 is 2.11 bits per heavy atom. The predicted molar refractivity (Wildman–Crippen MR) is 129 cm³/mol. The summed E-state index contributed by atoms with van der Waals surface area (Å²) in [6.45, 7) is -0.476. The van der Waals surface area contributed by atoms with Crippen LogP contribution < -0.4 is 4.74 Å². The highest BCUT2D eigenvalue weighted by atomic mass is 16.5. The maximum atomic E-state index is 13.6. The van der Waals surface area contributed by atoms with Crippen molar-refractivity contribution < 1.29 is 28.7 Å². The first kappa shape index (κ1) is 22.7. The number of carbonyl (C=O) groups excluding carboxylic acids is 4. The van der Waals surface area contributed by atoms with E-state index in [9.17, 15) is 19.2 Å². The molecule has 7 atom stereocenters. The molecule has 7 nitrogen and oxygen atoms in total. The van der Waals surface area contributed by atoms with Crippen LogP contribution in [0, 0.1) is 35.5 Å². The molecule has 2 aromatic carbocycles. The van der Waals surface area contributed by atoms with E-state index < -0.39 is 30.5 Å². The molecule has 0 aromatic heterocycles. The molecule has 2 bridgehead atoms. The van der Waals surface area contributed by atoms with Crippen LogP contribution in [-0.2, 0) is 25.5 Å². The fourth-order valence-electron chi connectivity index (χ4n) is 6.50. The van der Waals surface area contributed by atoms with E-state index in [2.05, 4.69) is 12.2 Å². The molecule has 0 unspecified atom stereocenters. The zero-order valence-electron chi connectivity index (χ0n) is 19.9. The van der Waals surface area contributed by atoms with Gasteiger partial charge in [0.15, 0.2) is 12.4 Å². The van der Waals surface area contributed by atoms with Crippen LogP contribution in [0.5, 0.6) is 5.75 Å². The molecule has 0 spiro atoms. The number of imide groups is 1. The third-order valence-corrected chi connectivity index (χ3v) is 8.31. The van der Waals surface area contributed by atoms with Gasteiger partial charge in [-0.1, -0.05) is 42.5 Å². The number of ketones is 1. The largest absolute Gasteiger partial charge is 0.497 e. The van der Waals surface area contributed by atoms with Crippen molar-refractivity contribution in [3.05, 3.63) is 77.9 Å². The number of ether oxygens (including phenoxy) is 2. The Balaban J connectivity index is 1.23. The standard InChI is InChI=1S/C29H27NO6/c1-35-18-9-7-17(8-10-18)24(31)15-36-29(34)23(13-16-5-3-2-4-6-16)30-27(32)25-19-11-12-20(22-14-21(19)22)26(25)28(30)33/h2-12,19-23,25-26H,13-15H2,1H3/t19-,20-,21-,22-,23-,25+,26+/m0/s1. The zero-order chi connectivity index (χ0) is 25.0. The van der Waals surface area contributed by atoms with Crippen LogP contribution in [0.1, 0.15) is 22.3 Å². The summed E-state index contributed by atoms with van der Waals surface area (Å²) in [5, 5.41) is 0. The van der Waals surface area contributed by atoms with E-state index in [1.54, 1.807) is 24.3 Å². The number of likely N-dealkylation sites (tertiary alicyclic amines) is 1. The Labute approximate surface area is 209 Å². The second kappa shape index (κ2) is 8.73. The van der Waals surface area contributed by atoms with Gasteiger partial charge in [-0.25, -0.2) is 4.79 Å². The van der Waals surface area contributed by atoms with Crippen molar-refractivity contribution in [3.8, 4) is 5.75 Å². The Morgan fingerprint density at radius 1 is 0.917 bits per heavy atom. The Kier molecular flexibility index (Phi) is 5.51. The minimum absolute atomic E-state index is 0.0662. The predicted octanol–water partition coefficient (Wildman–Crippen LogP) is 3.09. The fourth-order valence-corrected chi connectivity index (χ4v) is 6.50. The van der Waals surface area contributed by atoms with Crippen molar-refractivity contribution in [1.82, 2.24) is 4.90 Å². The average molecular weight is 486 g/mol. The lowest BCUT2D eigenvalue weighted by molar-refractivity contribution is -0.158. The van der Waals surface area contributed by atoms with Gasteiger partial charge < -0.3 is 9.47 Å². The topological polar surface area (TPSA) is 90.0 Å². The highest BCUT2D eigenvalue weighted by Crippen LogP contribution is 2.65. The summed E-state index contributed by atoms with van der Waals surface area (Å²) in [4.78, 5) is 54.5. The minimum Gasteiger partial charge on any atom is -0.497 e. The van der Waals surface area contributed by atoms with Crippen LogP contribution >= 0.6 is 0 Å². The summed E-state index contributed by atoms with van der Waals surface area (Å²) >= 11 is 0. The Morgan fingerprint density at radius 2 is 1.53 bits per heavy atom. The summed E-state index contributed by atoms with van der Waals surface area (Å²) in [5.74, 6) is -0.798. The molecule has 184 valence electrons. The Bertz CT molecular complexity index is 1220. The number of amides is 2. The van der Waals surface area contributed by atoms with E-state index in [1.165, 1.54) is 7.11 Å². The van der Waals surface area contributed by atoms with Crippen molar-refractivity contribution in [2.45, 2.75) is 18.9 Å². The summed E-state index contributed by atoms with van der Waals surface area (Å²) in [6.07, 6.45) is 5.42. The summed E-state index contributed by atoms with van der Waals surface area (Å²) in [7, 11) is 1.53. The first-order chi connectivity index (χ1) is 17.5. The van der Waals surface area contributed by atoms with Crippen LogP contribution in [0.4, 0.5) is 0 Å². The van der Waals surface area contributed by atoms with Crippen molar-refractivity contribution in [1.29, 1.82) is 0 Å². The number of methoxy groups -OCH3 is 1. The van der Waals surface area contributed by atoms with Gasteiger partial charge in [-0.05, 0) is 59.9 Å². The number of esters is 1. The second-order valence-corrected chi connectivity index (χ2v) is 10.2. The summed E-state index contributed by atoms with van der Waals surface area (Å²) in [6, 6.07) is 14.6.